The van der Waals surface area contributed by atoms with E-state index in [0.29, 0.717) is 27.9 Å². The largest absolute Gasteiger partial charge is 0.382 e. The number of rotatable bonds is 4. The third-order valence-corrected chi connectivity index (χ3v) is 5.41. The fourth-order valence-corrected chi connectivity index (χ4v) is 3.46. The van der Waals surface area contributed by atoms with E-state index in [1.54, 1.807) is 18.2 Å². The summed E-state index contributed by atoms with van der Waals surface area (Å²) in [5, 5.41) is 0.758. The van der Waals surface area contributed by atoms with Crippen LogP contribution >= 0.6 is 23.2 Å². The topological polar surface area (TPSA) is 107 Å². The van der Waals surface area contributed by atoms with E-state index in [-0.39, 0.29) is 22.1 Å². The van der Waals surface area contributed by atoms with E-state index >= 15 is 0 Å². The highest BCUT2D eigenvalue weighted by molar-refractivity contribution is 7.84. The van der Waals surface area contributed by atoms with Crippen molar-refractivity contribution in [3.05, 3.63) is 38.7 Å². The van der Waals surface area contributed by atoms with Crippen molar-refractivity contribution in [2.45, 2.75) is 18.5 Å². The lowest BCUT2D eigenvalue weighted by atomic mass is 10.3. The maximum absolute atomic E-state index is 12.3. The van der Waals surface area contributed by atoms with Gasteiger partial charge in [-0.1, -0.05) is 30.1 Å². The average molecular weight is 386 g/mol. The molecule has 0 radical (unpaired) electrons. The van der Waals surface area contributed by atoms with E-state index < -0.39 is 16.5 Å². The van der Waals surface area contributed by atoms with Crippen molar-refractivity contribution in [2.24, 2.45) is 0 Å². The number of aromatic nitrogens is 4. The van der Waals surface area contributed by atoms with Crippen LogP contribution in [0.1, 0.15) is 13.3 Å². The number of nitrogens with one attached hydrogen (secondary N) is 1. The van der Waals surface area contributed by atoms with Crippen molar-refractivity contribution in [2.75, 3.05) is 11.5 Å². The summed E-state index contributed by atoms with van der Waals surface area (Å²) in [6, 6.07) is 4.74. The van der Waals surface area contributed by atoms with E-state index in [1.165, 1.54) is 4.57 Å². The predicted octanol–water partition coefficient (Wildman–Crippen LogP) is 2.52. The number of nitrogens with two attached hydrogens (primary N) is 1. The lowest BCUT2D eigenvalue weighted by molar-refractivity contribution is 0.675. The third kappa shape index (κ3) is 2.92. The molecule has 0 aliphatic rings. The number of benzene rings is 1. The van der Waals surface area contributed by atoms with Crippen molar-refractivity contribution < 1.29 is 4.21 Å². The molecule has 7 nitrogen and oxygen atoms in total. The number of anilines is 1. The first kappa shape index (κ1) is 16.9. The number of halogens is 2. The minimum Gasteiger partial charge on any atom is -0.382 e. The van der Waals surface area contributed by atoms with Gasteiger partial charge in [0, 0.05) is 5.75 Å². The van der Waals surface area contributed by atoms with E-state index in [9.17, 15) is 9.00 Å². The number of hydrogen-bond donors (Lipinski definition) is 2. The number of nitrogen functional groups attached to an aromatic ring is 1. The summed E-state index contributed by atoms with van der Waals surface area (Å²) in [4.78, 5) is 23.2. The number of H-pyrrole nitrogens is 1. The highest BCUT2D eigenvalue weighted by Gasteiger charge is 2.18. The Morgan fingerprint density at radius 3 is 2.71 bits per heavy atom. The Morgan fingerprint density at radius 2 is 2.04 bits per heavy atom. The highest BCUT2D eigenvalue weighted by atomic mass is 35.5. The number of nitrogens with zero attached hydrogens (tertiary/aromatic N) is 3. The van der Waals surface area contributed by atoms with Gasteiger partial charge in [0.2, 0.25) is 5.16 Å². The summed E-state index contributed by atoms with van der Waals surface area (Å²) in [5.74, 6) is 0.474. The summed E-state index contributed by atoms with van der Waals surface area (Å²) in [6.45, 7) is 1.90. The van der Waals surface area contributed by atoms with Crippen molar-refractivity contribution in [3.8, 4) is 5.69 Å². The zero-order valence-corrected chi connectivity index (χ0v) is 14.9. The molecule has 0 aliphatic carbocycles. The molecule has 3 N–H and O–H groups in total. The summed E-state index contributed by atoms with van der Waals surface area (Å²) in [7, 11) is -1.39. The Kier molecular flexibility index (Phi) is 4.62. The normalized spacial score (nSPS) is 12.6. The lowest BCUT2D eigenvalue weighted by Gasteiger charge is -2.06. The molecule has 0 saturated carbocycles. The Hall–Kier alpha value is -1.90. The van der Waals surface area contributed by atoms with Gasteiger partial charge >= 0.3 is 5.69 Å². The monoisotopic (exact) mass is 385 g/mol. The Morgan fingerprint density at radius 1 is 1.29 bits per heavy atom. The van der Waals surface area contributed by atoms with Crippen LogP contribution < -0.4 is 11.4 Å². The number of hydrogen-bond acceptors (Lipinski definition) is 5. The molecule has 1 unspecified atom stereocenters. The summed E-state index contributed by atoms with van der Waals surface area (Å²) < 4.78 is 13.5. The molecule has 2 heterocycles. The van der Waals surface area contributed by atoms with Crippen LogP contribution in [0.4, 0.5) is 5.82 Å². The van der Waals surface area contributed by atoms with Gasteiger partial charge in [-0.15, -0.1) is 0 Å². The highest BCUT2D eigenvalue weighted by Crippen LogP contribution is 2.26. The Bertz CT molecular complexity index is 1010. The van der Waals surface area contributed by atoms with Crippen molar-refractivity contribution in [1.82, 2.24) is 19.5 Å². The van der Waals surface area contributed by atoms with Gasteiger partial charge in [0.1, 0.15) is 5.52 Å². The first-order chi connectivity index (χ1) is 11.4. The van der Waals surface area contributed by atoms with E-state index in [4.69, 9.17) is 28.9 Å². The van der Waals surface area contributed by atoms with Crippen LogP contribution in [0.15, 0.2) is 28.2 Å². The number of aromatic amines is 1. The molecule has 3 rings (SSSR count). The predicted molar refractivity (Wildman–Crippen MR) is 95.5 cm³/mol. The molecule has 126 valence electrons. The van der Waals surface area contributed by atoms with Crippen LogP contribution in [0, 0.1) is 0 Å². The quantitative estimate of drug-likeness (QED) is 0.670. The van der Waals surface area contributed by atoms with Crippen LogP contribution in [-0.4, -0.2) is 29.5 Å². The maximum Gasteiger partial charge on any atom is 0.332 e. The number of fused-ring (bicyclic) bond motifs is 1. The smallest absolute Gasteiger partial charge is 0.332 e. The molecule has 0 spiro atoms. The van der Waals surface area contributed by atoms with Crippen molar-refractivity contribution >= 4 is 51.0 Å². The number of imidazole rings is 1. The fourth-order valence-electron chi connectivity index (χ4n) is 2.23. The molecule has 0 fully saturated rings. The molecule has 0 saturated heterocycles. The molecular formula is C14H13Cl2N5O2S. The van der Waals surface area contributed by atoms with E-state index in [0.717, 1.165) is 0 Å². The van der Waals surface area contributed by atoms with Crippen LogP contribution in [0.25, 0.3) is 16.9 Å². The van der Waals surface area contributed by atoms with Gasteiger partial charge in [-0.2, -0.15) is 4.98 Å². The molecule has 1 atom stereocenters. The van der Waals surface area contributed by atoms with Gasteiger partial charge < -0.3 is 10.7 Å². The lowest BCUT2D eigenvalue weighted by Crippen LogP contribution is -2.15. The van der Waals surface area contributed by atoms with Gasteiger partial charge in [0.05, 0.1) is 26.5 Å². The molecule has 0 bridgehead atoms. The molecule has 24 heavy (non-hydrogen) atoms. The van der Waals surface area contributed by atoms with Crippen molar-refractivity contribution in [1.29, 1.82) is 0 Å². The zero-order chi connectivity index (χ0) is 17.4. The first-order valence-corrected chi connectivity index (χ1v) is 9.12. The van der Waals surface area contributed by atoms with Crippen LogP contribution in [0.5, 0.6) is 0 Å². The molecule has 1 aromatic carbocycles. The molecule has 3 aromatic rings. The molecular weight excluding hydrogens is 373 g/mol. The van der Waals surface area contributed by atoms with Crippen molar-refractivity contribution in [3.63, 3.8) is 0 Å². The van der Waals surface area contributed by atoms with Gasteiger partial charge in [-0.25, -0.2) is 14.3 Å². The standard InChI is InChI=1S/C14H13Cl2N5O2S/c1-2-5-24(23)13-19-11(17)10-12(20-13)21(14(22)18-10)7-3-4-8(15)9(16)6-7/h3-4,6H,2,5H2,1H3,(H,18,22)(H2,17,19,20). The minimum atomic E-state index is -1.39. The SMILES string of the molecule is CCCS(=O)c1nc(N)c2[nH]c(=O)n(-c3ccc(Cl)c(Cl)c3)c2n1. The molecule has 2 aromatic heterocycles. The van der Waals surface area contributed by atoms with Gasteiger partial charge in [-0.3, -0.25) is 4.21 Å². The fraction of sp³-hybridized carbons (Fsp3) is 0.214. The zero-order valence-electron chi connectivity index (χ0n) is 12.5. The molecule has 0 amide bonds. The second-order valence-electron chi connectivity index (χ2n) is 5.00. The van der Waals surface area contributed by atoms with Gasteiger partial charge in [0.25, 0.3) is 0 Å². The summed E-state index contributed by atoms with van der Waals surface area (Å²) in [5.41, 5.74) is 6.42. The Balaban J connectivity index is 2.27. The second kappa shape index (κ2) is 6.54. The molecule has 10 heteroatoms. The van der Waals surface area contributed by atoms with Crippen LogP contribution in [0.3, 0.4) is 0 Å². The van der Waals surface area contributed by atoms with E-state index in [1.807, 2.05) is 6.92 Å². The maximum atomic E-state index is 12.3. The summed E-state index contributed by atoms with van der Waals surface area (Å²) >= 11 is 11.9. The molecule has 0 aliphatic heterocycles. The van der Waals surface area contributed by atoms with Crippen LogP contribution in [0.2, 0.25) is 10.0 Å². The van der Waals surface area contributed by atoms with E-state index in [2.05, 4.69) is 15.0 Å². The van der Waals surface area contributed by atoms with Gasteiger partial charge in [0.15, 0.2) is 11.5 Å². The second-order valence-corrected chi connectivity index (χ2v) is 7.28. The van der Waals surface area contributed by atoms with Gasteiger partial charge in [-0.05, 0) is 24.6 Å². The average Bonchev–Trinajstić information content (AvgIpc) is 2.87. The first-order valence-electron chi connectivity index (χ1n) is 7.04. The Labute approximate surface area is 149 Å². The minimum absolute atomic E-state index is 0.0652. The van der Waals surface area contributed by atoms with Crippen LogP contribution in [-0.2, 0) is 10.8 Å². The summed E-state index contributed by atoms with van der Waals surface area (Å²) in [6.07, 6.45) is 0.709. The third-order valence-electron chi connectivity index (χ3n) is 3.30.